The summed E-state index contributed by atoms with van der Waals surface area (Å²) >= 11 is 0. The molecule has 0 saturated carbocycles. The fourth-order valence-electron chi connectivity index (χ4n) is 3.25. The molecule has 0 unspecified atom stereocenters. The zero-order chi connectivity index (χ0) is 20.1. The molecule has 1 aromatic carbocycles. The molecule has 1 fully saturated rings. The van der Waals surface area contributed by atoms with Crippen molar-refractivity contribution in [2.24, 2.45) is 0 Å². The summed E-state index contributed by atoms with van der Waals surface area (Å²) in [6.07, 6.45) is 0.869. The maximum atomic E-state index is 13.2. The van der Waals surface area contributed by atoms with Gasteiger partial charge in [0.2, 0.25) is 12.4 Å². The van der Waals surface area contributed by atoms with E-state index in [2.05, 4.69) is 9.97 Å². The Hall–Kier alpha value is -2.96. The topological polar surface area (TPSA) is 69.6 Å². The molecule has 1 aromatic heterocycles. The second-order valence-electron chi connectivity index (χ2n) is 7.34. The molecule has 1 aliphatic heterocycles. The molecule has 7 heteroatoms. The normalized spacial score (nSPS) is 14.3. The Balaban J connectivity index is 1.82. The van der Waals surface area contributed by atoms with Crippen molar-refractivity contribution in [2.45, 2.75) is 33.4 Å². The van der Waals surface area contributed by atoms with Gasteiger partial charge in [-0.15, -0.1) is 0 Å². The lowest BCUT2D eigenvalue weighted by atomic mass is 10.1. The van der Waals surface area contributed by atoms with E-state index in [1.165, 1.54) is 0 Å². The SMILES string of the molecule is Cc1cc(C(=O)N(Cc2ccccc2)C(C)C)nc(N2CCN(C=O)CC2)n1. The Bertz CT molecular complexity index is 817. The summed E-state index contributed by atoms with van der Waals surface area (Å²) in [6.45, 7) is 9.02. The largest absolute Gasteiger partial charge is 0.342 e. The maximum Gasteiger partial charge on any atom is 0.273 e. The van der Waals surface area contributed by atoms with E-state index in [1.54, 1.807) is 11.0 Å². The number of aryl methyl sites for hydroxylation is 1. The van der Waals surface area contributed by atoms with Crippen LogP contribution in [0.4, 0.5) is 5.95 Å². The molecule has 2 amide bonds. The molecule has 0 N–H and O–H groups in total. The molecule has 148 valence electrons. The highest BCUT2D eigenvalue weighted by molar-refractivity contribution is 5.92. The number of benzene rings is 1. The summed E-state index contributed by atoms with van der Waals surface area (Å²) in [6, 6.07) is 11.7. The number of carbonyl (C=O) groups excluding carboxylic acids is 2. The van der Waals surface area contributed by atoms with Crippen molar-refractivity contribution in [2.75, 3.05) is 31.1 Å². The van der Waals surface area contributed by atoms with Gasteiger partial charge in [0.15, 0.2) is 0 Å². The zero-order valence-corrected chi connectivity index (χ0v) is 16.7. The molecular weight excluding hydrogens is 354 g/mol. The van der Waals surface area contributed by atoms with Crippen LogP contribution in [0.5, 0.6) is 0 Å². The Morgan fingerprint density at radius 1 is 1.14 bits per heavy atom. The minimum Gasteiger partial charge on any atom is -0.342 e. The number of hydrogen-bond acceptors (Lipinski definition) is 5. The lowest BCUT2D eigenvalue weighted by Gasteiger charge is -2.33. The van der Waals surface area contributed by atoms with E-state index in [0.29, 0.717) is 44.4 Å². The molecule has 2 aromatic rings. The Labute approximate surface area is 166 Å². The number of anilines is 1. The number of nitrogens with zero attached hydrogens (tertiary/aromatic N) is 5. The molecule has 2 heterocycles. The van der Waals surface area contributed by atoms with E-state index < -0.39 is 0 Å². The number of piperazine rings is 1. The quantitative estimate of drug-likeness (QED) is 0.717. The van der Waals surface area contributed by atoms with Crippen LogP contribution in [0.3, 0.4) is 0 Å². The number of amides is 2. The van der Waals surface area contributed by atoms with Gasteiger partial charge in [-0.05, 0) is 32.4 Å². The predicted octanol–water partition coefficient (Wildman–Crippen LogP) is 2.11. The fraction of sp³-hybridized carbons (Fsp3) is 0.429. The highest BCUT2D eigenvalue weighted by Gasteiger charge is 2.24. The summed E-state index contributed by atoms with van der Waals surface area (Å²) in [5.41, 5.74) is 2.25. The van der Waals surface area contributed by atoms with Gasteiger partial charge in [-0.2, -0.15) is 0 Å². The first kappa shape index (κ1) is 19.8. The van der Waals surface area contributed by atoms with Crippen LogP contribution in [-0.2, 0) is 11.3 Å². The van der Waals surface area contributed by atoms with Crippen LogP contribution >= 0.6 is 0 Å². The van der Waals surface area contributed by atoms with E-state index in [-0.39, 0.29) is 11.9 Å². The van der Waals surface area contributed by atoms with Crippen LogP contribution in [0.15, 0.2) is 36.4 Å². The van der Waals surface area contributed by atoms with Crippen LogP contribution in [0, 0.1) is 6.92 Å². The smallest absolute Gasteiger partial charge is 0.273 e. The van der Waals surface area contributed by atoms with Crippen LogP contribution in [0.25, 0.3) is 0 Å². The second kappa shape index (κ2) is 8.82. The second-order valence-corrected chi connectivity index (χ2v) is 7.34. The first-order valence-electron chi connectivity index (χ1n) is 9.63. The third-order valence-electron chi connectivity index (χ3n) is 4.89. The molecule has 28 heavy (non-hydrogen) atoms. The average molecular weight is 381 g/mol. The number of carbonyl (C=O) groups is 2. The Morgan fingerprint density at radius 3 is 2.43 bits per heavy atom. The molecule has 3 rings (SSSR count). The first-order chi connectivity index (χ1) is 13.5. The van der Waals surface area contributed by atoms with Gasteiger partial charge in [0.25, 0.3) is 5.91 Å². The monoisotopic (exact) mass is 381 g/mol. The van der Waals surface area contributed by atoms with Gasteiger partial charge < -0.3 is 14.7 Å². The summed E-state index contributed by atoms with van der Waals surface area (Å²) in [5.74, 6) is 0.453. The molecule has 0 spiro atoms. The van der Waals surface area contributed by atoms with E-state index in [4.69, 9.17) is 0 Å². The first-order valence-corrected chi connectivity index (χ1v) is 9.63. The minimum atomic E-state index is -0.0999. The third kappa shape index (κ3) is 4.65. The fourth-order valence-corrected chi connectivity index (χ4v) is 3.25. The molecule has 7 nitrogen and oxygen atoms in total. The van der Waals surface area contributed by atoms with Crippen LogP contribution < -0.4 is 4.90 Å². The zero-order valence-electron chi connectivity index (χ0n) is 16.7. The highest BCUT2D eigenvalue weighted by atomic mass is 16.2. The summed E-state index contributed by atoms with van der Waals surface area (Å²) in [5, 5.41) is 0. The lowest BCUT2D eigenvalue weighted by molar-refractivity contribution is -0.118. The number of hydrogen-bond donors (Lipinski definition) is 0. The van der Waals surface area contributed by atoms with Crippen molar-refractivity contribution in [1.29, 1.82) is 0 Å². The van der Waals surface area contributed by atoms with Crippen molar-refractivity contribution < 1.29 is 9.59 Å². The molecule has 1 saturated heterocycles. The maximum absolute atomic E-state index is 13.2. The van der Waals surface area contributed by atoms with Gasteiger partial charge in [-0.25, -0.2) is 9.97 Å². The predicted molar refractivity (Wildman–Crippen MR) is 108 cm³/mol. The number of rotatable bonds is 6. The highest BCUT2D eigenvalue weighted by Crippen LogP contribution is 2.17. The Kier molecular flexibility index (Phi) is 6.23. The van der Waals surface area contributed by atoms with Crippen LogP contribution in [-0.4, -0.2) is 64.3 Å². The van der Waals surface area contributed by atoms with Crippen molar-refractivity contribution in [3.05, 3.63) is 53.3 Å². The summed E-state index contributed by atoms with van der Waals surface area (Å²) in [7, 11) is 0. The van der Waals surface area contributed by atoms with Crippen LogP contribution in [0.1, 0.15) is 35.6 Å². The van der Waals surface area contributed by atoms with Crippen molar-refractivity contribution >= 4 is 18.3 Å². The standard InChI is InChI=1S/C21H27N5O2/c1-16(2)26(14-18-7-5-4-6-8-18)20(28)19-13-17(3)22-21(23-19)25-11-9-24(15-27)10-12-25/h4-8,13,15-16H,9-12,14H2,1-3H3. The average Bonchev–Trinajstić information content (AvgIpc) is 2.71. The third-order valence-corrected chi connectivity index (χ3v) is 4.89. The minimum absolute atomic E-state index is 0.0440. The van der Waals surface area contributed by atoms with Gasteiger partial charge in [0, 0.05) is 44.5 Å². The van der Waals surface area contributed by atoms with Gasteiger partial charge in [-0.1, -0.05) is 30.3 Å². The van der Waals surface area contributed by atoms with Gasteiger partial charge in [0.1, 0.15) is 5.69 Å². The van der Waals surface area contributed by atoms with Crippen molar-refractivity contribution in [3.63, 3.8) is 0 Å². The Morgan fingerprint density at radius 2 is 1.82 bits per heavy atom. The van der Waals surface area contributed by atoms with Crippen LogP contribution in [0.2, 0.25) is 0 Å². The summed E-state index contributed by atoms with van der Waals surface area (Å²) in [4.78, 5) is 38.8. The molecule has 0 radical (unpaired) electrons. The van der Waals surface area contributed by atoms with Gasteiger partial charge in [-0.3, -0.25) is 9.59 Å². The van der Waals surface area contributed by atoms with Crippen molar-refractivity contribution in [1.82, 2.24) is 19.8 Å². The van der Waals surface area contributed by atoms with E-state index in [0.717, 1.165) is 17.7 Å². The molecular formula is C21H27N5O2. The summed E-state index contributed by atoms with van der Waals surface area (Å²) < 4.78 is 0. The number of aromatic nitrogens is 2. The van der Waals surface area contributed by atoms with Crippen molar-refractivity contribution in [3.8, 4) is 0 Å². The molecule has 0 aliphatic carbocycles. The lowest BCUT2D eigenvalue weighted by Crippen LogP contribution is -2.46. The van der Waals surface area contributed by atoms with Gasteiger partial charge >= 0.3 is 0 Å². The molecule has 0 atom stereocenters. The van der Waals surface area contributed by atoms with E-state index in [9.17, 15) is 9.59 Å². The molecule has 0 bridgehead atoms. The van der Waals surface area contributed by atoms with E-state index in [1.807, 2.05) is 60.9 Å². The van der Waals surface area contributed by atoms with Gasteiger partial charge in [0.05, 0.1) is 0 Å². The molecule has 1 aliphatic rings. The van der Waals surface area contributed by atoms with E-state index >= 15 is 0 Å².